The molecule has 0 spiro atoms. The molecule has 2 rings (SSSR count). The third-order valence-corrected chi connectivity index (χ3v) is 6.75. The minimum atomic E-state index is 0. The lowest BCUT2D eigenvalue weighted by molar-refractivity contribution is 0.0898. The van der Waals surface area contributed by atoms with Gasteiger partial charge in [0.1, 0.15) is 0 Å². The van der Waals surface area contributed by atoms with Crippen molar-refractivity contribution in [3.05, 3.63) is 0 Å². The van der Waals surface area contributed by atoms with Gasteiger partial charge in [0.2, 0.25) is 0 Å². The molecule has 0 radical (unpaired) electrons. The van der Waals surface area contributed by atoms with Crippen LogP contribution in [-0.2, 0) is 4.74 Å². The zero-order valence-electron chi connectivity index (χ0n) is 19.5. The summed E-state index contributed by atoms with van der Waals surface area (Å²) in [5.74, 6) is 1.57. The van der Waals surface area contributed by atoms with E-state index in [0.29, 0.717) is 17.4 Å². The summed E-state index contributed by atoms with van der Waals surface area (Å²) in [4.78, 5) is 9.57. The highest BCUT2D eigenvalue weighted by Crippen LogP contribution is 2.40. The quantitative estimate of drug-likeness (QED) is 0.200. The number of aliphatic imine (C=N–C) groups is 1. The van der Waals surface area contributed by atoms with Crippen LogP contribution in [0.2, 0.25) is 0 Å². The number of guanidine groups is 1. The molecular formula is C22H46IN5O. The summed E-state index contributed by atoms with van der Waals surface area (Å²) < 4.78 is 5.65. The molecule has 29 heavy (non-hydrogen) atoms. The maximum absolute atomic E-state index is 5.65. The lowest BCUT2D eigenvalue weighted by atomic mass is 9.83. The van der Waals surface area contributed by atoms with E-state index in [0.717, 1.165) is 51.8 Å². The number of likely N-dealkylation sites (N-methyl/N-ethyl adjacent to an activating group) is 1. The third-order valence-electron chi connectivity index (χ3n) is 6.75. The predicted molar refractivity (Wildman–Crippen MR) is 134 cm³/mol. The molecule has 0 aromatic carbocycles. The van der Waals surface area contributed by atoms with Gasteiger partial charge in [-0.15, -0.1) is 24.0 Å². The Hall–Kier alpha value is -0.120. The van der Waals surface area contributed by atoms with Crippen molar-refractivity contribution in [1.29, 1.82) is 0 Å². The summed E-state index contributed by atoms with van der Waals surface area (Å²) in [5, 5.41) is 7.26. The van der Waals surface area contributed by atoms with E-state index < -0.39 is 0 Å². The molecular weight excluding hydrogens is 477 g/mol. The minimum Gasteiger partial charge on any atom is -0.382 e. The molecule has 0 aromatic rings. The van der Waals surface area contributed by atoms with Crippen molar-refractivity contribution in [3.63, 3.8) is 0 Å². The van der Waals surface area contributed by atoms with Gasteiger partial charge >= 0.3 is 0 Å². The highest BCUT2D eigenvalue weighted by atomic mass is 127. The average Bonchev–Trinajstić information content (AvgIpc) is 3.15. The summed E-state index contributed by atoms with van der Waals surface area (Å²) in [6.45, 7) is 15.0. The van der Waals surface area contributed by atoms with Crippen LogP contribution in [0.3, 0.4) is 0 Å². The Morgan fingerprint density at radius 2 is 1.76 bits per heavy atom. The molecule has 1 saturated heterocycles. The van der Waals surface area contributed by atoms with Crippen molar-refractivity contribution in [3.8, 4) is 0 Å². The molecule has 172 valence electrons. The Labute approximate surface area is 196 Å². The van der Waals surface area contributed by atoms with Gasteiger partial charge in [0.25, 0.3) is 0 Å². The van der Waals surface area contributed by atoms with Gasteiger partial charge < -0.3 is 20.3 Å². The molecule has 1 aliphatic heterocycles. The van der Waals surface area contributed by atoms with Crippen molar-refractivity contribution >= 4 is 29.9 Å². The van der Waals surface area contributed by atoms with Crippen LogP contribution in [0.1, 0.15) is 52.9 Å². The van der Waals surface area contributed by atoms with E-state index in [9.17, 15) is 0 Å². The van der Waals surface area contributed by atoms with Crippen molar-refractivity contribution in [2.45, 2.75) is 58.9 Å². The Morgan fingerprint density at radius 3 is 2.31 bits per heavy atom. The smallest absolute Gasteiger partial charge is 0.191 e. The van der Waals surface area contributed by atoms with E-state index >= 15 is 0 Å². The van der Waals surface area contributed by atoms with E-state index in [1.165, 1.54) is 38.8 Å². The number of nitrogens with one attached hydrogen (secondary N) is 2. The first-order valence-corrected chi connectivity index (χ1v) is 11.4. The zero-order valence-corrected chi connectivity index (χ0v) is 21.8. The number of nitrogens with zero attached hydrogens (tertiary/aromatic N) is 3. The Bertz CT molecular complexity index is 460. The maximum atomic E-state index is 5.65. The molecule has 0 bridgehead atoms. The van der Waals surface area contributed by atoms with E-state index in [-0.39, 0.29) is 24.0 Å². The third kappa shape index (κ3) is 8.87. The van der Waals surface area contributed by atoms with E-state index in [4.69, 9.17) is 4.74 Å². The largest absolute Gasteiger partial charge is 0.382 e. The summed E-state index contributed by atoms with van der Waals surface area (Å²) in [6.07, 6.45) is 6.46. The molecule has 2 fully saturated rings. The number of rotatable bonds is 10. The fourth-order valence-electron chi connectivity index (χ4n) is 4.71. The first kappa shape index (κ1) is 26.9. The number of ether oxygens (including phenoxy) is 1. The normalized spacial score (nSPS) is 21.8. The molecule has 1 saturated carbocycles. The molecule has 1 heterocycles. The molecule has 2 N–H and O–H groups in total. The molecule has 2 aliphatic rings. The van der Waals surface area contributed by atoms with Crippen LogP contribution in [0.5, 0.6) is 0 Å². The van der Waals surface area contributed by atoms with Crippen LogP contribution in [0.15, 0.2) is 4.99 Å². The molecule has 1 atom stereocenters. The maximum Gasteiger partial charge on any atom is 0.191 e. The Balaban J connectivity index is 0.00000420. The van der Waals surface area contributed by atoms with E-state index in [2.05, 4.69) is 53.2 Å². The summed E-state index contributed by atoms with van der Waals surface area (Å²) in [7, 11) is 4.10. The van der Waals surface area contributed by atoms with E-state index in [1.54, 1.807) is 0 Å². The highest BCUT2D eigenvalue weighted by Gasteiger charge is 2.33. The van der Waals surface area contributed by atoms with Crippen molar-refractivity contribution < 1.29 is 4.74 Å². The van der Waals surface area contributed by atoms with Gasteiger partial charge in [-0.3, -0.25) is 9.89 Å². The van der Waals surface area contributed by atoms with E-state index in [1.807, 2.05) is 7.05 Å². The second kappa shape index (κ2) is 14.0. The van der Waals surface area contributed by atoms with Crippen LogP contribution in [0.25, 0.3) is 0 Å². The standard InChI is InChI=1S/C22H45N5O.HI/c1-6-28-16-11-22(9-7-8-10-22)18-25-21(23-4)24-17-20(19(2)3)27-14-12-26(5)13-15-27;/h19-20H,6-18H2,1-5H3,(H2,23,24,25);1H. The average molecular weight is 524 g/mol. The van der Waals surface area contributed by atoms with Crippen LogP contribution < -0.4 is 10.6 Å². The Kier molecular flexibility index (Phi) is 13.0. The first-order chi connectivity index (χ1) is 13.5. The first-order valence-electron chi connectivity index (χ1n) is 11.4. The van der Waals surface area contributed by atoms with Gasteiger partial charge in [-0.05, 0) is 44.6 Å². The summed E-state index contributed by atoms with van der Waals surface area (Å²) in [5.41, 5.74) is 0.377. The molecule has 1 aliphatic carbocycles. The Morgan fingerprint density at radius 1 is 1.10 bits per heavy atom. The van der Waals surface area contributed by atoms with Crippen LogP contribution in [0.4, 0.5) is 0 Å². The van der Waals surface area contributed by atoms with Gasteiger partial charge in [-0.1, -0.05) is 26.7 Å². The van der Waals surface area contributed by atoms with Crippen LogP contribution in [0, 0.1) is 11.3 Å². The molecule has 0 aromatic heterocycles. The van der Waals surface area contributed by atoms with Crippen molar-refractivity contribution in [2.75, 3.05) is 66.6 Å². The predicted octanol–water partition coefficient (Wildman–Crippen LogP) is 3.03. The lowest BCUT2D eigenvalue weighted by Crippen LogP contribution is -2.55. The topological polar surface area (TPSA) is 52.1 Å². The summed E-state index contributed by atoms with van der Waals surface area (Å²) >= 11 is 0. The van der Waals surface area contributed by atoms with Crippen molar-refractivity contribution in [2.24, 2.45) is 16.3 Å². The van der Waals surface area contributed by atoms with Gasteiger partial charge in [0.15, 0.2) is 5.96 Å². The molecule has 6 nitrogen and oxygen atoms in total. The van der Waals surface area contributed by atoms with Gasteiger partial charge in [-0.2, -0.15) is 0 Å². The monoisotopic (exact) mass is 523 g/mol. The zero-order chi connectivity index (χ0) is 20.4. The lowest BCUT2D eigenvalue weighted by Gasteiger charge is -2.40. The van der Waals surface area contributed by atoms with Crippen LogP contribution in [-0.4, -0.2) is 88.4 Å². The number of hydrogen-bond acceptors (Lipinski definition) is 4. The SMILES string of the molecule is CCOCCC1(CNC(=NC)NCC(C(C)C)N2CCN(C)CC2)CCCC1.I. The summed E-state index contributed by atoms with van der Waals surface area (Å²) in [6, 6.07) is 0.547. The number of hydrogen-bond donors (Lipinski definition) is 2. The number of piperazine rings is 1. The fourth-order valence-corrected chi connectivity index (χ4v) is 4.71. The van der Waals surface area contributed by atoms with Gasteiger partial charge in [-0.25, -0.2) is 0 Å². The van der Waals surface area contributed by atoms with Gasteiger partial charge in [0, 0.05) is 65.6 Å². The number of halogens is 1. The molecule has 0 amide bonds. The van der Waals surface area contributed by atoms with Gasteiger partial charge in [0.05, 0.1) is 0 Å². The second-order valence-electron chi connectivity index (χ2n) is 9.11. The molecule has 1 unspecified atom stereocenters. The minimum absolute atomic E-state index is 0. The van der Waals surface area contributed by atoms with Crippen LogP contribution >= 0.6 is 24.0 Å². The molecule has 7 heteroatoms. The highest BCUT2D eigenvalue weighted by molar-refractivity contribution is 14.0. The van der Waals surface area contributed by atoms with Crippen molar-refractivity contribution in [1.82, 2.24) is 20.4 Å². The fraction of sp³-hybridized carbons (Fsp3) is 0.955. The second-order valence-corrected chi connectivity index (χ2v) is 9.11.